The highest BCUT2D eigenvalue weighted by molar-refractivity contribution is 8.17. The molecule has 2 aromatic heterocycles. The summed E-state index contributed by atoms with van der Waals surface area (Å²) in [5.74, 6) is 0. The Bertz CT molecular complexity index is 632. The average Bonchev–Trinajstić information content (AvgIpc) is 2.94. The Morgan fingerprint density at radius 1 is 1.61 bits per heavy atom. The molecule has 1 fully saturated rings. The van der Waals surface area contributed by atoms with E-state index in [1.54, 1.807) is 6.20 Å². The Labute approximate surface area is 109 Å². The van der Waals surface area contributed by atoms with Crippen molar-refractivity contribution in [1.82, 2.24) is 14.9 Å². The van der Waals surface area contributed by atoms with Gasteiger partial charge < -0.3 is 9.88 Å². The van der Waals surface area contributed by atoms with Crippen LogP contribution in [0.4, 0.5) is 4.79 Å². The van der Waals surface area contributed by atoms with Crippen molar-refractivity contribution in [1.29, 1.82) is 0 Å². The lowest BCUT2D eigenvalue weighted by Crippen LogP contribution is -2.21. The van der Waals surface area contributed by atoms with Crippen LogP contribution in [-0.4, -0.2) is 33.2 Å². The molecule has 0 radical (unpaired) electrons. The van der Waals surface area contributed by atoms with E-state index in [1.807, 2.05) is 30.2 Å². The number of thioether (sulfide) groups is 1. The molecule has 1 aliphatic heterocycles. The Hall–Kier alpha value is -1.75. The summed E-state index contributed by atoms with van der Waals surface area (Å²) in [6.07, 6.45) is 5.77. The maximum atomic E-state index is 11.6. The van der Waals surface area contributed by atoms with Crippen LogP contribution >= 0.6 is 11.8 Å². The van der Waals surface area contributed by atoms with Crippen LogP contribution in [0.1, 0.15) is 12.5 Å². The van der Waals surface area contributed by atoms with Gasteiger partial charge in [-0.15, -0.1) is 0 Å². The molecule has 0 atom stereocenters. The van der Waals surface area contributed by atoms with Crippen molar-refractivity contribution < 1.29 is 4.79 Å². The second kappa shape index (κ2) is 4.49. The monoisotopic (exact) mass is 259 g/mol. The van der Waals surface area contributed by atoms with Crippen LogP contribution in [-0.2, 0) is 0 Å². The van der Waals surface area contributed by atoms with Crippen LogP contribution in [0.25, 0.3) is 17.1 Å². The highest BCUT2D eigenvalue weighted by Gasteiger charge is 2.24. The Morgan fingerprint density at radius 2 is 2.50 bits per heavy atom. The molecule has 2 aromatic rings. The molecule has 3 rings (SSSR count). The third-order valence-corrected chi connectivity index (χ3v) is 3.95. The Kier molecular flexibility index (Phi) is 2.83. The summed E-state index contributed by atoms with van der Waals surface area (Å²) in [5, 5.41) is 1.23. The quantitative estimate of drug-likeness (QED) is 0.901. The molecule has 0 bridgehead atoms. The minimum absolute atomic E-state index is 0.140. The van der Waals surface area contributed by atoms with Gasteiger partial charge in [0.25, 0.3) is 5.24 Å². The molecule has 18 heavy (non-hydrogen) atoms. The van der Waals surface area contributed by atoms with Gasteiger partial charge in [-0.25, -0.2) is 4.98 Å². The van der Waals surface area contributed by atoms with Crippen molar-refractivity contribution in [3.63, 3.8) is 0 Å². The summed E-state index contributed by atoms with van der Waals surface area (Å²) in [6.45, 7) is 3.47. The number of nitrogens with one attached hydrogen (secondary N) is 1. The Balaban J connectivity index is 1.95. The number of carbonyl (C=O) groups excluding carboxylic acids is 1. The zero-order valence-electron chi connectivity index (χ0n) is 10.0. The van der Waals surface area contributed by atoms with Crippen LogP contribution < -0.4 is 0 Å². The fourth-order valence-electron chi connectivity index (χ4n) is 2.05. The number of rotatable bonds is 2. The zero-order valence-corrected chi connectivity index (χ0v) is 10.8. The van der Waals surface area contributed by atoms with Crippen LogP contribution in [0.3, 0.4) is 0 Å². The first kappa shape index (κ1) is 11.3. The number of hydrogen-bond donors (Lipinski definition) is 1. The minimum Gasteiger partial charge on any atom is -0.346 e. The third-order valence-electron chi connectivity index (χ3n) is 3.00. The number of nitrogens with zero attached hydrogens (tertiary/aromatic N) is 2. The second-order valence-corrected chi connectivity index (χ2v) is 5.21. The SMILES string of the molecule is CCN1C/C(=C/c2c[nH]c3ncccc23)SC1=O. The smallest absolute Gasteiger partial charge is 0.286 e. The number of H-pyrrole nitrogens is 1. The number of hydrogen-bond acceptors (Lipinski definition) is 3. The summed E-state index contributed by atoms with van der Waals surface area (Å²) >= 11 is 1.32. The van der Waals surface area contributed by atoms with Crippen LogP contribution in [0.2, 0.25) is 0 Å². The number of amides is 1. The average molecular weight is 259 g/mol. The highest BCUT2D eigenvalue weighted by atomic mass is 32.2. The molecule has 0 spiro atoms. The number of likely N-dealkylation sites (N-methyl/N-ethyl adjacent to an activating group) is 1. The molecule has 3 heterocycles. The molecule has 0 aromatic carbocycles. The van der Waals surface area contributed by atoms with E-state index >= 15 is 0 Å². The number of fused-ring (bicyclic) bond motifs is 1. The third kappa shape index (κ3) is 1.90. The fraction of sp³-hybridized carbons (Fsp3) is 0.231. The lowest BCUT2D eigenvalue weighted by atomic mass is 10.2. The topological polar surface area (TPSA) is 49.0 Å². The first-order valence-corrected chi connectivity index (χ1v) is 6.69. The van der Waals surface area contributed by atoms with Crippen molar-refractivity contribution in [2.45, 2.75) is 6.92 Å². The van der Waals surface area contributed by atoms with E-state index in [1.165, 1.54) is 11.8 Å². The van der Waals surface area contributed by atoms with Gasteiger partial charge in [0, 0.05) is 34.8 Å². The van der Waals surface area contributed by atoms with Gasteiger partial charge in [0.2, 0.25) is 0 Å². The van der Waals surface area contributed by atoms with E-state index in [9.17, 15) is 4.79 Å². The molecule has 1 amide bonds. The predicted molar refractivity (Wildman–Crippen MR) is 74.3 cm³/mol. The van der Waals surface area contributed by atoms with Crippen LogP contribution in [0, 0.1) is 0 Å². The van der Waals surface area contributed by atoms with Gasteiger partial charge >= 0.3 is 0 Å². The molecule has 1 aliphatic rings. The minimum atomic E-state index is 0.140. The molecule has 1 N–H and O–H groups in total. The number of aromatic nitrogens is 2. The van der Waals surface area contributed by atoms with Gasteiger partial charge in [-0.1, -0.05) is 0 Å². The van der Waals surface area contributed by atoms with E-state index in [4.69, 9.17) is 0 Å². The molecule has 0 aliphatic carbocycles. The van der Waals surface area contributed by atoms with Gasteiger partial charge in [0.05, 0.1) is 6.54 Å². The standard InChI is InChI=1S/C13H13N3OS/c1-2-16-8-10(18-13(16)17)6-9-7-15-12-11(9)4-3-5-14-12/h3-7H,2,8H2,1H3,(H,14,15)/b10-6-. The van der Waals surface area contributed by atoms with Crippen molar-refractivity contribution in [3.05, 3.63) is 35.0 Å². The highest BCUT2D eigenvalue weighted by Crippen LogP contribution is 2.31. The lowest BCUT2D eigenvalue weighted by Gasteiger charge is -2.08. The first-order chi connectivity index (χ1) is 8.78. The summed E-state index contributed by atoms with van der Waals surface area (Å²) in [4.78, 5) is 22.0. The summed E-state index contributed by atoms with van der Waals surface area (Å²) in [6, 6.07) is 3.95. The van der Waals surface area contributed by atoms with E-state index in [-0.39, 0.29) is 5.24 Å². The zero-order chi connectivity index (χ0) is 12.5. The molecule has 4 nitrogen and oxygen atoms in total. The molecule has 0 saturated carbocycles. The van der Waals surface area contributed by atoms with Crippen molar-refractivity contribution >= 4 is 34.1 Å². The van der Waals surface area contributed by atoms with E-state index in [0.29, 0.717) is 6.54 Å². The molecular weight excluding hydrogens is 246 g/mol. The molecule has 0 unspecified atom stereocenters. The largest absolute Gasteiger partial charge is 0.346 e. The first-order valence-electron chi connectivity index (χ1n) is 5.87. The summed E-state index contributed by atoms with van der Waals surface area (Å²) in [7, 11) is 0. The number of carbonyl (C=O) groups is 1. The fourth-order valence-corrected chi connectivity index (χ4v) is 3.00. The lowest BCUT2D eigenvalue weighted by molar-refractivity contribution is 0.233. The summed E-state index contributed by atoms with van der Waals surface area (Å²) in [5.41, 5.74) is 1.97. The second-order valence-electron chi connectivity index (χ2n) is 4.14. The van der Waals surface area contributed by atoms with Crippen molar-refractivity contribution in [3.8, 4) is 0 Å². The van der Waals surface area contributed by atoms with Crippen molar-refractivity contribution in [2.75, 3.05) is 13.1 Å². The molecule has 1 saturated heterocycles. The molecule has 92 valence electrons. The maximum absolute atomic E-state index is 11.6. The van der Waals surface area contributed by atoms with E-state index in [2.05, 4.69) is 16.0 Å². The van der Waals surface area contributed by atoms with Crippen molar-refractivity contribution in [2.24, 2.45) is 0 Å². The van der Waals surface area contributed by atoms with Crippen LogP contribution in [0.15, 0.2) is 29.4 Å². The molecule has 5 heteroatoms. The maximum Gasteiger partial charge on any atom is 0.286 e. The normalized spacial score (nSPS) is 18.2. The van der Waals surface area contributed by atoms with Gasteiger partial charge in [0.15, 0.2) is 0 Å². The van der Waals surface area contributed by atoms with E-state index < -0.39 is 0 Å². The van der Waals surface area contributed by atoms with Gasteiger partial charge in [0.1, 0.15) is 5.65 Å². The number of pyridine rings is 1. The molecular formula is C13H13N3OS. The number of aromatic amines is 1. The predicted octanol–water partition coefficient (Wildman–Crippen LogP) is 3.09. The van der Waals surface area contributed by atoms with Crippen LogP contribution in [0.5, 0.6) is 0 Å². The van der Waals surface area contributed by atoms with E-state index in [0.717, 1.165) is 28.0 Å². The van der Waals surface area contributed by atoms with Gasteiger partial charge in [-0.3, -0.25) is 4.79 Å². The Morgan fingerprint density at radius 3 is 3.28 bits per heavy atom. The van der Waals surface area contributed by atoms with Gasteiger partial charge in [-0.2, -0.15) is 0 Å². The summed E-state index contributed by atoms with van der Waals surface area (Å²) < 4.78 is 0. The van der Waals surface area contributed by atoms with Gasteiger partial charge in [-0.05, 0) is 36.9 Å².